The normalized spacial score (nSPS) is 22.5. The third-order valence-corrected chi connectivity index (χ3v) is 5.62. The highest BCUT2D eigenvalue weighted by Crippen LogP contribution is 2.38. The Kier molecular flexibility index (Phi) is 3.83. The average Bonchev–Trinajstić information content (AvgIpc) is 2.56. The summed E-state index contributed by atoms with van der Waals surface area (Å²) in [5.74, 6) is 2.16. The van der Waals surface area contributed by atoms with Crippen molar-refractivity contribution in [1.82, 2.24) is 19.9 Å². The first-order valence-corrected chi connectivity index (χ1v) is 9.50. The van der Waals surface area contributed by atoms with E-state index in [1.54, 1.807) is 18.1 Å². The van der Waals surface area contributed by atoms with Crippen LogP contribution in [-0.2, 0) is 0 Å². The van der Waals surface area contributed by atoms with E-state index in [1.165, 1.54) is 12.0 Å². The van der Waals surface area contributed by atoms with Crippen LogP contribution in [0.5, 0.6) is 0 Å². The Morgan fingerprint density at radius 3 is 2.54 bits per heavy atom. The van der Waals surface area contributed by atoms with E-state index >= 15 is 0 Å². The van der Waals surface area contributed by atoms with E-state index in [1.807, 2.05) is 20.1 Å². The number of thioether (sulfide) groups is 1. The first kappa shape index (κ1) is 15.6. The molecule has 3 aliphatic rings. The van der Waals surface area contributed by atoms with E-state index < -0.39 is 0 Å². The number of aromatic nitrogens is 4. The van der Waals surface area contributed by atoms with Gasteiger partial charge in [0.1, 0.15) is 18.0 Å². The predicted molar refractivity (Wildman–Crippen MR) is 96.9 cm³/mol. The van der Waals surface area contributed by atoms with E-state index in [-0.39, 0.29) is 0 Å². The lowest BCUT2D eigenvalue weighted by atomic mass is 9.87. The van der Waals surface area contributed by atoms with E-state index in [4.69, 9.17) is 4.98 Å². The lowest BCUT2D eigenvalue weighted by Gasteiger charge is -2.57. The second-order valence-corrected chi connectivity index (χ2v) is 7.39. The van der Waals surface area contributed by atoms with Crippen molar-refractivity contribution in [3.63, 3.8) is 0 Å². The molecule has 3 saturated heterocycles. The van der Waals surface area contributed by atoms with Gasteiger partial charge in [-0.1, -0.05) is 11.8 Å². The molecule has 0 amide bonds. The quantitative estimate of drug-likeness (QED) is 0.627. The fourth-order valence-electron chi connectivity index (χ4n) is 3.75. The summed E-state index contributed by atoms with van der Waals surface area (Å²) in [7, 11) is 0. The maximum atomic E-state index is 4.72. The Balaban J connectivity index is 1.57. The van der Waals surface area contributed by atoms with Crippen molar-refractivity contribution in [1.29, 1.82) is 0 Å². The molecule has 0 radical (unpaired) electrons. The van der Waals surface area contributed by atoms with Gasteiger partial charge in [0, 0.05) is 36.1 Å². The molecule has 2 bridgehead atoms. The third kappa shape index (κ3) is 2.51. The predicted octanol–water partition coefficient (Wildman–Crippen LogP) is 2.38. The molecule has 0 N–H and O–H groups in total. The number of hydrogen-bond acceptors (Lipinski definition) is 7. The summed E-state index contributed by atoms with van der Waals surface area (Å²) in [6.45, 7) is 8.18. The summed E-state index contributed by atoms with van der Waals surface area (Å²) in [5, 5.41) is 0.856. The van der Waals surface area contributed by atoms with Gasteiger partial charge in [-0.3, -0.25) is 0 Å². The lowest BCUT2D eigenvalue weighted by Crippen LogP contribution is -2.69. The molecule has 0 aliphatic carbocycles. The van der Waals surface area contributed by atoms with Gasteiger partial charge < -0.3 is 9.80 Å². The SMILES string of the molecule is CSc1nc(C)cc(N2C3CC2CN(c2ncnc(C)c2C)C3)n1. The van der Waals surface area contributed by atoms with Gasteiger partial charge in [-0.05, 0) is 33.4 Å². The zero-order chi connectivity index (χ0) is 16.8. The van der Waals surface area contributed by atoms with Crippen LogP contribution >= 0.6 is 11.8 Å². The van der Waals surface area contributed by atoms with Gasteiger partial charge in [0.25, 0.3) is 0 Å². The Bertz CT molecular complexity index is 768. The summed E-state index contributed by atoms with van der Waals surface area (Å²) in [4.78, 5) is 22.9. The van der Waals surface area contributed by atoms with Crippen LogP contribution in [0.2, 0.25) is 0 Å². The van der Waals surface area contributed by atoms with Crippen LogP contribution < -0.4 is 9.80 Å². The molecular formula is C17H22N6S. The molecule has 6 nitrogen and oxygen atoms in total. The van der Waals surface area contributed by atoms with Crippen LogP contribution in [0.15, 0.2) is 17.6 Å². The summed E-state index contributed by atoms with van der Waals surface area (Å²) in [6.07, 6.45) is 4.93. The Morgan fingerprint density at radius 2 is 1.83 bits per heavy atom. The molecule has 0 saturated carbocycles. The largest absolute Gasteiger partial charge is 0.352 e. The molecule has 2 aromatic heterocycles. The molecule has 24 heavy (non-hydrogen) atoms. The second-order valence-electron chi connectivity index (χ2n) is 6.62. The van der Waals surface area contributed by atoms with Crippen LogP contribution in [0.4, 0.5) is 11.6 Å². The molecule has 7 heteroatoms. The number of piperazine rings is 1. The van der Waals surface area contributed by atoms with Gasteiger partial charge in [0.15, 0.2) is 5.16 Å². The molecule has 126 valence electrons. The number of anilines is 2. The monoisotopic (exact) mass is 342 g/mol. The average molecular weight is 342 g/mol. The molecule has 2 unspecified atom stereocenters. The number of hydrogen-bond donors (Lipinski definition) is 0. The van der Waals surface area contributed by atoms with Gasteiger partial charge in [-0.25, -0.2) is 19.9 Å². The van der Waals surface area contributed by atoms with Crippen molar-refractivity contribution in [2.45, 2.75) is 44.4 Å². The molecule has 3 aliphatic heterocycles. The summed E-state index contributed by atoms with van der Waals surface area (Å²) >= 11 is 1.60. The lowest BCUT2D eigenvalue weighted by molar-refractivity contribution is 0.287. The smallest absolute Gasteiger partial charge is 0.189 e. The molecule has 3 fully saturated rings. The third-order valence-electron chi connectivity index (χ3n) is 5.07. The minimum absolute atomic E-state index is 0.502. The summed E-state index contributed by atoms with van der Waals surface area (Å²) < 4.78 is 0. The standard InChI is InChI=1S/C17H22N6S/c1-10-5-15(21-17(20-10)24-4)23-13-6-14(23)8-22(7-13)16-11(2)12(3)18-9-19-16/h5,9,13-14H,6-8H2,1-4H3. The number of rotatable bonds is 3. The summed E-state index contributed by atoms with van der Waals surface area (Å²) in [5.41, 5.74) is 3.29. The fourth-order valence-corrected chi connectivity index (χ4v) is 4.17. The number of aryl methyl sites for hydroxylation is 2. The van der Waals surface area contributed by atoms with Gasteiger partial charge >= 0.3 is 0 Å². The van der Waals surface area contributed by atoms with Crippen LogP contribution in [0.3, 0.4) is 0 Å². The molecule has 0 spiro atoms. The van der Waals surface area contributed by atoms with E-state index in [2.05, 4.69) is 37.7 Å². The molecule has 0 aromatic carbocycles. The zero-order valence-electron chi connectivity index (χ0n) is 14.5. The van der Waals surface area contributed by atoms with Crippen LogP contribution in [0.25, 0.3) is 0 Å². The van der Waals surface area contributed by atoms with Crippen molar-refractivity contribution in [2.24, 2.45) is 0 Å². The first-order chi connectivity index (χ1) is 11.6. The van der Waals surface area contributed by atoms with Crippen LogP contribution in [-0.4, -0.2) is 51.4 Å². The topological polar surface area (TPSA) is 58.0 Å². The number of piperidine rings is 1. The molecular weight excluding hydrogens is 320 g/mol. The molecule has 2 aromatic rings. The summed E-state index contributed by atoms with van der Waals surface area (Å²) in [6, 6.07) is 3.11. The van der Waals surface area contributed by atoms with Gasteiger partial charge in [-0.15, -0.1) is 0 Å². The van der Waals surface area contributed by atoms with Gasteiger partial charge in [0.05, 0.1) is 12.1 Å². The maximum Gasteiger partial charge on any atom is 0.189 e. The molecule has 2 atom stereocenters. The van der Waals surface area contributed by atoms with Crippen molar-refractivity contribution in [3.8, 4) is 0 Å². The van der Waals surface area contributed by atoms with Gasteiger partial charge in [0.2, 0.25) is 0 Å². The van der Waals surface area contributed by atoms with E-state index in [0.29, 0.717) is 12.1 Å². The van der Waals surface area contributed by atoms with Crippen molar-refractivity contribution in [2.75, 3.05) is 29.1 Å². The highest BCUT2D eigenvalue weighted by Gasteiger charge is 2.46. The Morgan fingerprint density at radius 1 is 1.08 bits per heavy atom. The second kappa shape index (κ2) is 5.88. The van der Waals surface area contributed by atoms with E-state index in [9.17, 15) is 0 Å². The minimum Gasteiger partial charge on any atom is -0.352 e. The zero-order valence-corrected chi connectivity index (χ0v) is 15.3. The fraction of sp³-hybridized carbons (Fsp3) is 0.529. The highest BCUT2D eigenvalue weighted by atomic mass is 32.2. The molecule has 5 heterocycles. The van der Waals surface area contributed by atoms with Crippen molar-refractivity contribution in [3.05, 3.63) is 29.3 Å². The Hall–Kier alpha value is -1.89. The van der Waals surface area contributed by atoms with Crippen molar-refractivity contribution < 1.29 is 0 Å². The molecule has 5 rings (SSSR count). The first-order valence-electron chi connectivity index (χ1n) is 8.28. The highest BCUT2D eigenvalue weighted by molar-refractivity contribution is 7.98. The van der Waals surface area contributed by atoms with Gasteiger partial charge in [-0.2, -0.15) is 0 Å². The maximum absolute atomic E-state index is 4.72. The van der Waals surface area contributed by atoms with Crippen LogP contribution in [0, 0.1) is 20.8 Å². The van der Waals surface area contributed by atoms with Crippen molar-refractivity contribution >= 4 is 23.4 Å². The number of fused-ring (bicyclic) bond motifs is 2. The van der Waals surface area contributed by atoms with E-state index in [0.717, 1.165) is 41.3 Å². The minimum atomic E-state index is 0.502. The Labute approximate surface area is 146 Å². The number of nitrogens with zero attached hydrogens (tertiary/aromatic N) is 6. The van der Waals surface area contributed by atoms with Crippen LogP contribution in [0.1, 0.15) is 23.4 Å².